The summed E-state index contributed by atoms with van der Waals surface area (Å²) >= 11 is 0. The lowest BCUT2D eigenvalue weighted by molar-refractivity contribution is -0.199. The fraction of sp³-hybridized carbons (Fsp3) is 0.625. The van der Waals surface area contributed by atoms with Gasteiger partial charge in [-0.2, -0.15) is 13.2 Å². The molecule has 0 aliphatic heterocycles. The molecule has 1 N–H and O–H groups in total. The highest BCUT2D eigenvalue weighted by atomic mass is 19.4. The normalized spacial score (nSPS) is 24.6. The number of alkyl halides is 3. The molecule has 21 heavy (non-hydrogen) atoms. The third-order valence-corrected chi connectivity index (χ3v) is 4.45. The highest BCUT2D eigenvalue weighted by Crippen LogP contribution is 2.46. The predicted molar refractivity (Wildman–Crippen MR) is 76.3 cm³/mol. The summed E-state index contributed by atoms with van der Waals surface area (Å²) in [4.78, 5) is 0. The van der Waals surface area contributed by atoms with Crippen LogP contribution in [0, 0.1) is 11.8 Å². The van der Waals surface area contributed by atoms with Gasteiger partial charge < -0.3 is 10.1 Å². The minimum Gasteiger partial charge on any atom is -0.497 e. The molecule has 1 saturated carbocycles. The molecule has 1 aliphatic carbocycles. The minimum absolute atomic E-state index is 0.239. The van der Waals surface area contributed by atoms with Crippen molar-refractivity contribution in [1.82, 2.24) is 5.32 Å². The Balaban J connectivity index is 2.24. The Morgan fingerprint density at radius 3 is 2.29 bits per heavy atom. The molecule has 2 rings (SSSR count). The van der Waals surface area contributed by atoms with Crippen LogP contribution in [0.25, 0.3) is 0 Å². The molecule has 5 heteroatoms. The predicted octanol–water partition coefficient (Wildman–Crippen LogP) is 4.32. The lowest BCUT2D eigenvalue weighted by Gasteiger charge is -2.38. The molecule has 3 unspecified atom stereocenters. The number of benzene rings is 1. The third kappa shape index (κ3) is 3.70. The number of ether oxygens (including phenoxy) is 1. The van der Waals surface area contributed by atoms with Gasteiger partial charge in [0.05, 0.1) is 13.0 Å². The smallest absolute Gasteiger partial charge is 0.392 e. The Morgan fingerprint density at radius 2 is 1.76 bits per heavy atom. The number of hydrogen-bond acceptors (Lipinski definition) is 2. The number of halogens is 3. The van der Waals surface area contributed by atoms with Crippen molar-refractivity contribution in [2.45, 2.75) is 37.9 Å². The molecule has 0 radical (unpaired) electrons. The van der Waals surface area contributed by atoms with Crippen LogP contribution in [0.5, 0.6) is 5.75 Å². The van der Waals surface area contributed by atoms with E-state index in [1.54, 1.807) is 26.3 Å². The molecule has 0 saturated heterocycles. The largest absolute Gasteiger partial charge is 0.497 e. The maximum atomic E-state index is 13.3. The topological polar surface area (TPSA) is 21.3 Å². The van der Waals surface area contributed by atoms with Crippen LogP contribution in [0.2, 0.25) is 0 Å². The van der Waals surface area contributed by atoms with Gasteiger partial charge >= 0.3 is 6.18 Å². The summed E-state index contributed by atoms with van der Waals surface area (Å²) < 4.78 is 44.9. The molecule has 0 heterocycles. The molecule has 0 amide bonds. The first-order valence-corrected chi connectivity index (χ1v) is 7.35. The van der Waals surface area contributed by atoms with E-state index < -0.39 is 18.0 Å². The van der Waals surface area contributed by atoms with Crippen LogP contribution in [0.3, 0.4) is 0 Å². The van der Waals surface area contributed by atoms with Crippen LogP contribution < -0.4 is 10.1 Å². The zero-order valence-electron chi connectivity index (χ0n) is 12.4. The van der Waals surface area contributed by atoms with E-state index >= 15 is 0 Å². The third-order valence-electron chi connectivity index (χ3n) is 4.45. The van der Waals surface area contributed by atoms with Crippen molar-refractivity contribution in [3.05, 3.63) is 29.8 Å². The molecule has 1 fully saturated rings. The summed E-state index contributed by atoms with van der Waals surface area (Å²) in [6, 6.07) is 7.02. The van der Waals surface area contributed by atoms with Gasteiger partial charge in [-0.05, 0) is 43.5 Å². The minimum atomic E-state index is -4.12. The number of rotatable bonds is 4. The number of hydrogen-bond donors (Lipinski definition) is 1. The number of methoxy groups -OCH3 is 1. The molecular weight excluding hydrogens is 279 g/mol. The van der Waals surface area contributed by atoms with Crippen molar-refractivity contribution in [2.24, 2.45) is 11.8 Å². The molecule has 2 nitrogen and oxygen atoms in total. The Kier molecular flexibility index (Phi) is 5.14. The van der Waals surface area contributed by atoms with Crippen molar-refractivity contribution in [2.75, 3.05) is 14.2 Å². The van der Waals surface area contributed by atoms with Gasteiger partial charge in [0, 0.05) is 6.04 Å². The Labute approximate surface area is 123 Å². The highest BCUT2D eigenvalue weighted by Gasteiger charge is 2.47. The van der Waals surface area contributed by atoms with Crippen molar-refractivity contribution < 1.29 is 17.9 Å². The van der Waals surface area contributed by atoms with Crippen LogP contribution in [0.15, 0.2) is 24.3 Å². The van der Waals surface area contributed by atoms with E-state index in [1.165, 1.54) is 0 Å². The van der Waals surface area contributed by atoms with Gasteiger partial charge in [0.2, 0.25) is 0 Å². The average Bonchev–Trinajstić information content (AvgIpc) is 2.48. The molecule has 1 aromatic carbocycles. The zero-order valence-corrected chi connectivity index (χ0v) is 12.4. The second-order valence-electron chi connectivity index (χ2n) is 5.64. The van der Waals surface area contributed by atoms with Gasteiger partial charge in [-0.25, -0.2) is 0 Å². The second-order valence-corrected chi connectivity index (χ2v) is 5.64. The molecule has 1 aromatic rings. The highest BCUT2D eigenvalue weighted by molar-refractivity contribution is 5.29. The van der Waals surface area contributed by atoms with Gasteiger partial charge in [0.1, 0.15) is 5.75 Å². The molecule has 0 aromatic heterocycles. The van der Waals surface area contributed by atoms with E-state index in [4.69, 9.17) is 4.74 Å². The first-order chi connectivity index (χ1) is 9.97. The van der Waals surface area contributed by atoms with Crippen molar-refractivity contribution in [3.63, 3.8) is 0 Å². The van der Waals surface area contributed by atoms with Crippen LogP contribution in [0.1, 0.15) is 37.3 Å². The van der Waals surface area contributed by atoms with Crippen LogP contribution in [-0.4, -0.2) is 20.3 Å². The Bertz CT molecular complexity index is 444. The molecule has 3 atom stereocenters. The van der Waals surface area contributed by atoms with Gasteiger partial charge in [-0.15, -0.1) is 0 Å². The van der Waals surface area contributed by atoms with Crippen LogP contribution in [0.4, 0.5) is 13.2 Å². The second kappa shape index (κ2) is 6.69. The van der Waals surface area contributed by atoms with E-state index in [-0.39, 0.29) is 12.5 Å². The van der Waals surface area contributed by atoms with E-state index in [0.29, 0.717) is 18.6 Å². The SMILES string of the molecule is CNC(c1ccc(OC)cc1)C1CCCCC1C(F)(F)F. The van der Waals surface area contributed by atoms with Crippen LogP contribution >= 0.6 is 0 Å². The molecule has 0 bridgehead atoms. The summed E-state index contributed by atoms with van der Waals surface area (Å²) in [5.74, 6) is -0.910. The lowest BCUT2D eigenvalue weighted by atomic mass is 9.73. The summed E-state index contributed by atoms with van der Waals surface area (Å²) in [5, 5.41) is 3.09. The average molecular weight is 301 g/mol. The Morgan fingerprint density at radius 1 is 1.14 bits per heavy atom. The fourth-order valence-corrected chi connectivity index (χ4v) is 3.40. The zero-order chi connectivity index (χ0) is 15.5. The monoisotopic (exact) mass is 301 g/mol. The Hall–Kier alpha value is -1.23. The first kappa shape index (κ1) is 16.1. The molecule has 118 valence electrons. The van der Waals surface area contributed by atoms with Gasteiger partial charge in [-0.1, -0.05) is 25.0 Å². The number of nitrogens with one attached hydrogen (secondary N) is 1. The molecule has 1 aliphatic rings. The van der Waals surface area contributed by atoms with Gasteiger partial charge in [0.25, 0.3) is 0 Å². The van der Waals surface area contributed by atoms with Crippen molar-refractivity contribution in [3.8, 4) is 5.75 Å². The maximum Gasteiger partial charge on any atom is 0.392 e. The first-order valence-electron chi connectivity index (χ1n) is 7.35. The standard InChI is InChI=1S/C16H22F3NO/c1-20-15(11-7-9-12(21-2)10-8-11)13-5-3-4-6-14(13)16(17,18)19/h7-10,13-15,20H,3-6H2,1-2H3. The van der Waals surface area contributed by atoms with E-state index in [9.17, 15) is 13.2 Å². The van der Waals surface area contributed by atoms with E-state index in [0.717, 1.165) is 12.0 Å². The lowest BCUT2D eigenvalue weighted by Crippen LogP contribution is -2.39. The summed E-state index contributed by atoms with van der Waals surface area (Å²) in [6.45, 7) is 0. The fourth-order valence-electron chi connectivity index (χ4n) is 3.40. The van der Waals surface area contributed by atoms with E-state index in [1.807, 2.05) is 12.1 Å². The van der Waals surface area contributed by atoms with Gasteiger partial charge in [-0.3, -0.25) is 0 Å². The van der Waals surface area contributed by atoms with Crippen molar-refractivity contribution in [1.29, 1.82) is 0 Å². The van der Waals surface area contributed by atoms with E-state index in [2.05, 4.69) is 5.32 Å². The van der Waals surface area contributed by atoms with Crippen LogP contribution in [-0.2, 0) is 0 Å². The van der Waals surface area contributed by atoms with Crippen molar-refractivity contribution >= 4 is 0 Å². The quantitative estimate of drug-likeness (QED) is 0.894. The summed E-state index contributed by atoms with van der Waals surface area (Å²) in [7, 11) is 3.31. The molecular formula is C16H22F3NO. The van der Waals surface area contributed by atoms with Gasteiger partial charge in [0.15, 0.2) is 0 Å². The maximum absolute atomic E-state index is 13.3. The molecule has 0 spiro atoms. The summed E-state index contributed by atoms with van der Waals surface area (Å²) in [5.41, 5.74) is 0.888. The summed E-state index contributed by atoms with van der Waals surface area (Å²) in [6.07, 6.45) is -1.73.